The van der Waals surface area contributed by atoms with Crippen LogP contribution in [0.5, 0.6) is 0 Å². The van der Waals surface area contributed by atoms with Crippen molar-refractivity contribution in [3.63, 3.8) is 0 Å². The monoisotopic (exact) mass is 740 g/mol. The lowest BCUT2D eigenvalue weighted by Gasteiger charge is -2.29. The van der Waals surface area contributed by atoms with Gasteiger partial charge >= 0.3 is 18.5 Å². The molecular weight excluding hydrogens is 721 g/mol. The fraction of sp³-hybridized carbons (Fsp3) is 0.423. The van der Waals surface area contributed by atoms with Gasteiger partial charge in [0.15, 0.2) is 5.82 Å². The summed E-state index contributed by atoms with van der Waals surface area (Å²) in [6.07, 6.45) is -18.1. The molecule has 0 saturated carbocycles. The fourth-order valence-corrected chi connectivity index (χ4v) is 4.75. The highest BCUT2D eigenvalue weighted by atomic mass is 35.5. The molecule has 1 aliphatic heterocycles. The predicted molar refractivity (Wildman–Crippen MR) is 143 cm³/mol. The van der Waals surface area contributed by atoms with E-state index in [2.05, 4.69) is 10.1 Å². The molecule has 268 valence electrons. The molecule has 1 fully saturated rings. The smallest absolute Gasteiger partial charge is 0.373 e. The Bertz CT molecular complexity index is 1820. The number of likely N-dealkylation sites (tertiary alicyclic amines) is 1. The number of aromatic nitrogens is 3. The number of nitrogens with zero attached hydrogens (tertiary/aromatic N) is 4. The van der Waals surface area contributed by atoms with E-state index in [1.54, 1.807) is 0 Å². The Morgan fingerprint density at radius 1 is 0.939 bits per heavy atom. The van der Waals surface area contributed by atoms with Gasteiger partial charge in [-0.2, -0.15) is 44.6 Å². The Balaban J connectivity index is 1.73. The van der Waals surface area contributed by atoms with Crippen LogP contribution in [-0.4, -0.2) is 96.3 Å². The van der Waals surface area contributed by atoms with Gasteiger partial charge in [0.2, 0.25) is 11.2 Å². The summed E-state index contributed by atoms with van der Waals surface area (Å²) in [5.74, 6) is -8.20. The zero-order valence-electron chi connectivity index (χ0n) is 24.3. The van der Waals surface area contributed by atoms with E-state index in [0.717, 1.165) is 0 Å². The van der Waals surface area contributed by atoms with Crippen molar-refractivity contribution in [3.05, 3.63) is 46.5 Å². The average molecular weight is 741 g/mol. The molecule has 49 heavy (non-hydrogen) atoms. The summed E-state index contributed by atoms with van der Waals surface area (Å²) in [6, 6.07) is -0.224. The predicted octanol–water partition coefficient (Wildman–Crippen LogP) is 4.05. The minimum atomic E-state index is -5.57. The van der Waals surface area contributed by atoms with Crippen LogP contribution in [0.4, 0.5) is 54.1 Å². The van der Waals surface area contributed by atoms with E-state index in [-0.39, 0.29) is 18.7 Å². The quantitative estimate of drug-likeness (QED) is 0.279. The van der Waals surface area contributed by atoms with E-state index < -0.39 is 117 Å². The second-order valence-corrected chi connectivity index (χ2v) is 11.4. The largest absolute Gasteiger partial charge is 0.426 e. The summed E-state index contributed by atoms with van der Waals surface area (Å²) in [6.45, 7) is -1.75. The summed E-state index contributed by atoms with van der Waals surface area (Å²) in [7, 11) is 0. The van der Waals surface area contributed by atoms with Gasteiger partial charge in [-0.3, -0.25) is 14.4 Å². The third-order valence-electron chi connectivity index (χ3n) is 7.48. The Hall–Kier alpha value is -4.31. The summed E-state index contributed by atoms with van der Waals surface area (Å²) < 4.78 is 151. The first kappa shape index (κ1) is 37.5. The van der Waals surface area contributed by atoms with Gasteiger partial charge in [0.25, 0.3) is 17.7 Å². The molecule has 0 radical (unpaired) electrons. The first-order valence-electron chi connectivity index (χ1n) is 13.3. The van der Waals surface area contributed by atoms with Gasteiger partial charge in [-0.05, 0) is 32.0 Å². The Morgan fingerprint density at radius 2 is 1.53 bits per heavy atom. The van der Waals surface area contributed by atoms with E-state index in [4.69, 9.17) is 11.6 Å². The molecule has 1 aromatic carbocycles. The minimum Gasteiger partial charge on any atom is -0.373 e. The number of carbonyl (C=O) groups excluding carboxylic acids is 3. The third kappa shape index (κ3) is 6.80. The number of carbonyl (C=O) groups is 3. The molecule has 4 N–H and O–H groups in total. The van der Waals surface area contributed by atoms with Crippen LogP contribution in [0.1, 0.15) is 29.8 Å². The number of benzene rings is 1. The summed E-state index contributed by atoms with van der Waals surface area (Å²) in [5, 5.41) is 25.3. The number of nitrogens with one attached hydrogen (secondary N) is 2. The number of hydrogen-bond acceptors (Lipinski definition) is 7. The van der Waals surface area contributed by atoms with Crippen molar-refractivity contribution < 1.29 is 72.9 Å². The Labute approximate surface area is 270 Å². The zero-order chi connectivity index (χ0) is 37.2. The second kappa shape index (κ2) is 12.2. The molecule has 3 heterocycles. The topological polar surface area (TPSA) is 149 Å². The molecule has 0 unspecified atom stereocenters. The van der Waals surface area contributed by atoms with E-state index >= 15 is 0 Å². The van der Waals surface area contributed by atoms with Crippen molar-refractivity contribution >= 4 is 40.7 Å². The highest BCUT2D eigenvalue weighted by molar-refractivity contribution is 6.34. The van der Waals surface area contributed by atoms with E-state index in [1.165, 1.54) is 5.32 Å². The Morgan fingerprint density at radius 3 is 2.08 bits per heavy atom. The molecule has 11 nitrogen and oxygen atoms in total. The second-order valence-electron chi connectivity index (χ2n) is 11.0. The van der Waals surface area contributed by atoms with Crippen molar-refractivity contribution in [2.45, 2.75) is 55.8 Å². The van der Waals surface area contributed by atoms with Crippen LogP contribution in [0.2, 0.25) is 5.02 Å². The van der Waals surface area contributed by atoms with Crippen molar-refractivity contribution in [1.82, 2.24) is 24.8 Å². The van der Waals surface area contributed by atoms with Crippen molar-refractivity contribution in [3.8, 4) is 11.3 Å². The zero-order valence-corrected chi connectivity index (χ0v) is 25.1. The van der Waals surface area contributed by atoms with Crippen molar-refractivity contribution in [1.29, 1.82) is 0 Å². The van der Waals surface area contributed by atoms with Gasteiger partial charge in [0.1, 0.15) is 23.8 Å². The third-order valence-corrected chi connectivity index (χ3v) is 7.86. The molecule has 4 atom stereocenters. The average Bonchev–Trinajstić information content (AvgIpc) is 3.54. The molecule has 1 saturated heterocycles. The number of rotatable bonds is 6. The lowest BCUT2D eigenvalue weighted by atomic mass is 10.1. The van der Waals surface area contributed by atoms with Crippen LogP contribution in [-0.2, 0) is 15.8 Å². The number of amides is 3. The highest BCUT2D eigenvalue weighted by Crippen LogP contribution is 2.41. The van der Waals surface area contributed by atoms with Crippen LogP contribution in [0.15, 0.2) is 24.5 Å². The maximum atomic E-state index is 15.0. The maximum absolute atomic E-state index is 15.0. The van der Waals surface area contributed by atoms with Crippen molar-refractivity contribution in [2.24, 2.45) is 0 Å². The molecule has 4 rings (SSSR count). The number of fused-ring (bicyclic) bond motifs is 1. The number of aliphatic hydroxyl groups is 2. The van der Waals surface area contributed by atoms with Gasteiger partial charge in [-0.1, -0.05) is 11.6 Å². The molecule has 2 aromatic heterocycles. The van der Waals surface area contributed by atoms with E-state index in [0.29, 0.717) is 29.0 Å². The molecule has 0 spiro atoms. The fourth-order valence-electron chi connectivity index (χ4n) is 4.56. The number of halogens is 12. The first-order valence-corrected chi connectivity index (χ1v) is 13.6. The van der Waals surface area contributed by atoms with Crippen LogP contribution in [0, 0.1) is 5.82 Å². The number of anilines is 1. The van der Waals surface area contributed by atoms with Crippen LogP contribution in [0.3, 0.4) is 0 Å². The standard InChI is InChI=1S/C26H20ClF11N6O5/c1-22(48,25(33,34)35)20(46)42-18-17-11(24(30,31)32)5-15(44(17)40-8-39-18)9-3-10(16(27)12(28)4-9)19(45)41-14-7-43(6-13(14)29)21(47)23(2,49)26(36,37)38/h3-5,8,13-14,48-49H,6-7H2,1-2H3,(H,41,45)(H,39,40,42,46)/t13-,14+,22+,23+/m0/s1. The number of hydrogen-bond donors (Lipinski definition) is 4. The van der Waals surface area contributed by atoms with Crippen LogP contribution < -0.4 is 10.6 Å². The minimum absolute atomic E-state index is 0.0241. The molecule has 1 aliphatic rings. The molecule has 0 bridgehead atoms. The van der Waals surface area contributed by atoms with E-state index in [9.17, 15) is 72.9 Å². The highest BCUT2D eigenvalue weighted by Gasteiger charge is 2.59. The van der Waals surface area contributed by atoms with Gasteiger partial charge in [-0.25, -0.2) is 18.3 Å². The molecular formula is C26H20ClF11N6O5. The SMILES string of the molecule is C[C@@](O)(C(=O)Nc1ncnn2c(-c3cc(F)c(Cl)c(C(=O)N[C@@H]4CN(C(=O)[C@@](C)(O)C(F)(F)F)C[C@@H]4F)c3)cc(C(F)(F)F)c12)C(F)(F)F. The van der Waals surface area contributed by atoms with Crippen LogP contribution >= 0.6 is 11.6 Å². The van der Waals surface area contributed by atoms with E-state index in [1.807, 2.05) is 5.32 Å². The Kier molecular flexibility index (Phi) is 9.36. The molecule has 23 heteroatoms. The lowest BCUT2D eigenvalue weighted by molar-refractivity contribution is -0.249. The first-order chi connectivity index (χ1) is 22.2. The van der Waals surface area contributed by atoms with Gasteiger partial charge in [0.05, 0.1) is 34.4 Å². The summed E-state index contributed by atoms with van der Waals surface area (Å²) >= 11 is 5.89. The molecule has 0 aliphatic carbocycles. The van der Waals surface area contributed by atoms with Crippen LogP contribution in [0.25, 0.3) is 16.8 Å². The summed E-state index contributed by atoms with van der Waals surface area (Å²) in [5.41, 5.74) is -13.0. The maximum Gasteiger partial charge on any atom is 0.426 e. The van der Waals surface area contributed by atoms with Gasteiger partial charge in [-0.15, -0.1) is 0 Å². The van der Waals surface area contributed by atoms with Gasteiger partial charge < -0.3 is 25.7 Å². The number of alkyl halides is 10. The van der Waals surface area contributed by atoms with Crippen molar-refractivity contribution in [2.75, 3.05) is 18.4 Å². The lowest BCUT2D eigenvalue weighted by Crippen LogP contribution is -2.56. The summed E-state index contributed by atoms with van der Waals surface area (Å²) in [4.78, 5) is 41.2. The molecule has 3 aromatic rings. The van der Waals surface area contributed by atoms with Gasteiger partial charge in [0, 0.05) is 12.1 Å². The normalized spacial score (nSPS) is 19.8. The molecule has 3 amide bonds.